The number of aliphatic imine (C=N–C) groups is 1. The van der Waals surface area contributed by atoms with Gasteiger partial charge >= 0.3 is 0 Å². The Morgan fingerprint density at radius 2 is 1.74 bits per heavy atom. The molecule has 2 aromatic carbocycles. The van der Waals surface area contributed by atoms with Crippen LogP contribution in [-0.4, -0.2) is 11.3 Å². The van der Waals surface area contributed by atoms with E-state index in [4.69, 9.17) is 0 Å². The molecule has 19 heavy (non-hydrogen) atoms. The van der Waals surface area contributed by atoms with Crippen molar-refractivity contribution in [1.82, 2.24) is 0 Å². The zero-order chi connectivity index (χ0) is 14.0. The normalized spacial score (nSPS) is 11.2. The minimum Gasteiger partial charge on any atom is -0.506 e. The summed E-state index contributed by atoms with van der Waals surface area (Å²) in [5.74, 6) is 0.288. The van der Waals surface area contributed by atoms with Crippen molar-refractivity contribution >= 4 is 57.1 Å². The van der Waals surface area contributed by atoms with Gasteiger partial charge in [-0.1, -0.05) is 18.2 Å². The first-order valence-electron chi connectivity index (χ1n) is 5.77. The molecule has 1 N–H and O–H groups in total. The maximum atomic E-state index is 10.0. The quantitative estimate of drug-likeness (QED) is 0.481. The van der Waals surface area contributed by atoms with Gasteiger partial charge < -0.3 is 5.11 Å². The summed E-state index contributed by atoms with van der Waals surface area (Å²) >= 11 is 4.36. The largest absolute Gasteiger partial charge is 0.506 e. The number of hydrogen-bond acceptors (Lipinski definition) is 2. The van der Waals surface area contributed by atoms with Crippen LogP contribution >= 0.6 is 45.2 Å². The minimum atomic E-state index is 0.288. The lowest BCUT2D eigenvalue weighted by molar-refractivity contribution is 0.470. The monoisotopic (exact) mass is 477 g/mol. The fraction of sp³-hybridized carbons (Fsp3) is 0.133. The van der Waals surface area contributed by atoms with Gasteiger partial charge in [-0.2, -0.15) is 0 Å². The zero-order valence-corrected chi connectivity index (χ0v) is 14.9. The molecule has 0 heterocycles. The van der Waals surface area contributed by atoms with Gasteiger partial charge in [0.15, 0.2) is 0 Å². The molecule has 0 aliphatic carbocycles. The number of phenolic OH excluding ortho intramolecular Hbond substituents is 1. The highest BCUT2D eigenvalue weighted by Crippen LogP contribution is 2.27. The average Bonchev–Trinajstić information content (AvgIpc) is 2.34. The summed E-state index contributed by atoms with van der Waals surface area (Å²) in [6.45, 7) is 4.08. The number of hydrogen-bond donors (Lipinski definition) is 1. The summed E-state index contributed by atoms with van der Waals surface area (Å²) in [6.07, 6.45) is 1.73. The number of rotatable bonds is 2. The fourth-order valence-electron chi connectivity index (χ4n) is 1.83. The summed E-state index contributed by atoms with van der Waals surface area (Å²) in [5, 5.41) is 10.0. The highest BCUT2D eigenvalue weighted by molar-refractivity contribution is 14.1. The Hall–Kier alpha value is -0.630. The van der Waals surface area contributed by atoms with Crippen molar-refractivity contribution in [3.8, 4) is 5.75 Å². The van der Waals surface area contributed by atoms with E-state index < -0.39 is 0 Å². The molecule has 0 bridgehead atoms. The molecule has 4 heteroatoms. The molecule has 2 nitrogen and oxygen atoms in total. The number of aromatic hydroxyl groups is 1. The minimum absolute atomic E-state index is 0.288. The molecule has 98 valence electrons. The van der Waals surface area contributed by atoms with Crippen LogP contribution in [-0.2, 0) is 0 Å². The standard InChI is InChI=1S/C15H13I2NO/c1-9-4-3-5-10(2)14(9)18-8-11-6-12(16)7-13(17)15(11)19/h3-8,19H,1-2H3. The van der Waals surface area contributed by atoms with E-state index in [1.165, 1.54) is 0 Å². The van der Waals surface area contributed by atoms with Gasteiger partial charge in [0, 0.05) is 15.3 Å². The number of aryl methyl sites for hydroxylation is 2. The Balaban J connectivity index is 2.44. The molecular formula is C15H13I2NO. The predicted octanol–water partition coefficient (Wildman–Crippen LogP) is 4.97. The van der Waals surface area contributed by atoms with Crippen molar-refractivity contribution in [3.63, 3.8) is 0 Å². The smallest absolute Gasteiger partial charge is 0.137 e. The van der Waals surface area contributed by atoms with E-state index in [1.807, 2.05) is 44.2 Å². The third kappa shape index (κ3) is 3.47. The van der Waals surface area contributed by atoms with Crippen LogP contribution in [0.3, 0.4) is 0 Å². The van der Waals surface area contributed by atoms with Crippen molar-refractivity contribution in [2.75, 3.05) is 0 Å². The molecule has 0 saturated heterocycles. The molecule has 0 radical (unpaired) electrons. The first-order valence-corrected chi connectivity index (χ1v) is 7.93. The van der Waals surface area contributed by atoms with Crippen molar-refractivity contribution in [2.24, 2.45) is 4.99 Å². The molecule has 0 atom stereocenters. The second-order valence-electron chi connectivity index (χ2n) is 4.32. The van der Waals surface area contributed by atoms with Crippen LogP contribution in [0.15, 0.2) is 35.3 Å². The molecule has 0 fully saturated rings. The lowest BCUT2D eigenvalue weighted by Crippen LogP contribution is -1.88. The number of halogens is 2. The van der Waals surface area contributed by atoms with Gasteiger partial charge in [0.25, 0.3) is 0 Å². The topological polar surface area (TPSA) is 32.6 Å². The summed E-state index contributed by atoms with van der Waals surface area (Å²) < 4.78 is 1.93. The lowest BCUT2D eigenvalue weighted by Gasteiger charge is -2.05. The van der Waals surface area contributed by atoms with Crippen molar-refractivity contribution < 1.29 is 5.11 Å². The molecule has 2 aromatic rings. The fourth-order valence-corrected chi connectivity index (χ4v) is 3.72. The highest BCUT2D eigenvalue weighted by Gasteiger charge is 2.06. The van der Waals surface area contributed by atoms with Gasteiger partial charge in [0.2, 0.25) is 0 Å². The van der Waals surface area contributed by atoms with Gasteiger partial charge in [-0.3, -0.25) is 4.99 Å². The van der Waals surface area contributed by atoms with E-state index in [-0.39, 0.29) is 5.75 Å². The first-order chi connectivity index (χ1) is 8.99. The van der Waals surface area contributed by atoms with Crippen LogP contribution in [0.4, 0.5) is 5.69 Å². The number of benzene rings is 2. The van der Waals surface area contributed by atoms with Gasteiger partial charge in [-0.25, -0.2) is 0 Å². The molecule has 0 saturated carbocycles. The molecule has 2 rings (SSSR count). The van der Waals surface area contributed by atoms with Crippen molar-refractivity contribution in [1.29, 1.82) is 0 Å². The van der Waals surface area contributed by atoms with E-state index in [2.05, 4.69) is 50.2 Å². The van der Waals surface area contributed by atoms with Crippen LogP contribution in [0.1, 0.15) is 16.7 Å². The maximum absolute atomic E-state index is 10.0. The van der Waals surface area contributed by atoms with Crippen LogP contribution in [0.25, 0.3) is 0 Å². The Bertz CT molecular complexity index is 631. The third-order valence-corrected chi connectivity index (χ3v) is 4.28. The second kappa shape index (κ2) is 6.21. The molecule has 0 aliphatic rings. The molecule has 0 aliphatic heterocycles. The zero-order valence-electron chi connectivity index (χ0n) is 10.6. The SMILES string of the molecule is Cc1cccc(C)c1N=Cc1cc(I)cc(I)c1O. The molecule has 0 unspecified atom stereocenters. The number of phenols is 1. The number of para-hydroxylation sites is 1. The highest BCUT2D eigenvalue weighted by atomic mass is 127. The van der Waals surface area contributed by atoms with Gasteiger partial charge in [0.1, 0.15) is 5.75 Å². The summed E-state index contributed by atoms with van der Waals surface area (Å²) in [5.41, 5.74) is 3.99. The summed E-state index contributed by atoms with van der Waals surface area (Å²) in [4.78, 5) is 4.53. The van der Waals surface area contributed by atoms with E-state index in [0.717, 1.165) is 29.5 Å². The molecule has 0 amide bonds. The van der Waals surface area contributed by atoms with E-state index in [1.54, 1.807) is 6.21 Å². The van der Waals surface area contributed by atoms with Crippen LogP contribution < -0.4 is 0 Å². The average molecular weight is 477 g/mol. The lowest BCUT2D eigenvalue weighted by atomic mass is 10.1. The second-order valence-corrected chi connectivity index (χ2v) is 6.73. The maximum Gasteiger partial charge on any atom is 0.137 e. The third-order valence-electron chi connectivity index (χ3n) is 2.83. The molecular weight excluding hydrogens is 464 g/mol. The predicted molar refractivity (Wildman–Crippen MR) is 96.7 cm³/mol. The van der Waals surface area contributed by atoms with Crippen LogP contribution in [0.5, 0.6) is 5.75 Å². The Morgan fingerprint density at radius 1 is 1.11 bits per heavy atom. The van der Waals surface area contributed by atoms with Crippen LogP contribution in [0.2, 0.25) is 0 Å². The Labute approximate surface area is 140 Å². The number of nitrogens with zero attached hydrogens (tertiary/aromatic N) is 1. The first kappa shape index (κ1) is 14.8. The molecule has 0 aromatic heterocycles. The van der Waals surface area contributed by atoms with Crippen molar-refractivity contribution in [2.45, 2.75) is 13.8 Å². The van der Waals surface area contributed by atoms with E-state index in [9.17, 15) is 5.11 Å². The Kier molecular flexibility index (Phi) is 4.83. The summed E-state index contributed by atoms with van der Waals surface area (Å²) in [7, 11) is 0. The van der Waals surface area contributed by atoms with Gasteiger partial charge in [-0.05, 0) is 82.3 Å². The van der Waals surface area contributed by atoms with Gasteiger partial charge in [0.05, 0.1) is 9.26 Å². The van der Waals surface area contributed by atoms with E-state index in [0.29, 0.717) is 0 Å². The molecule has 0 spiro atoms. The van der Waals surface area contributed by atoms with Gasteiger partial charge in [-0.15, -0.1) is 0 Å². The summed E-state index contributed by atoms with van der Waals surface area (Å²) in [6, 6.07) is 9.97. The Morgan fingerprint density at radius 3 is 2.37 bits per heavy atom. The van der Waals surface area contributed by atoms with Crippen LogP contribution in [0, 0.1) is 21.0 Å². The van der Waals surface area contributed by atoms with E-state index >= 15 is 0 Å². The van der Waals surface area contributed by atoms with Crippen molar-refractivity contribution in [3.05, 3.63) is 54.2 Å².